The number of amides is 1. The zero-order valence-corrected chi connectivity index (χ0v) is 11.9. The predicted octanol–water partition coefficient (Wildman–Crippen LogP) is 2.70. The number of nitrogens with zero attached hydrogens (tertiary/aromatic N) is 1. The van der Waals surface area contributed by atoms with Crippen LogP contribution in [0.4, 0.5) is 5.69 Å². The number of rotatable bonds is 5. The highest BCUT2D eigenvalue weighted by atomic mass is 16.4. The second-order valence-electron chi connectivity index (χ2n) is 5.18. The summed E-state index contributed by atoms with van der Waals surface area (Å²) in [5.74, 6) is -1.71. The van der Waals surface area contributed by atoms with Gasteiger partial charge in [-0.15, -0.1) is 0 Å². The first kappa shape index (κ1) is 15.2. The SMILES string of the molecule is Cc1ccc(N(CC(C)C(=O)O)C(=O)C(C)C)cc1. The minimum Gasteiger partial charge on any atom is -0.481 e. The topological polar surface area (TPSA) is 57.6 Å². The monoisotopic (exact) mass is 263 g/mol. The molecule has 4 nitrogen and oxygen atoms in total. The molecule has 0 radical (unpaired) electrons. The summed E-state index contributed by atoms with van der Waals surface area (Å²) in [5, 5.41) is 9.00. The Bertz CT molecular complexity index is 451. The summed E-state index contributed by atoms with van der Waals surface area (Å²) < 4.78 is 0. The lowest BCUT2D eigenvalue weighted by atomic mass is 10.1. The number of anilines is 1. The Kier molecular flexibility index (Phi) is 5.10. The number of aryl methyl sites for hydroxylation is 1. The summed E-state index contributed by atoms with van der Waals surface area (Å²) in [6.45, 7) is 7.40. The lowest BCUT2D eigenvalue weighted by molar-refractivity contribution is -0.140. The molecule has 0 aromatic heterocycles. The van der Waals surface area contributed by atoms with Crippen LogP contribution in [-0.2, 0) is 9.59 Å². The average molecular weight is 263 g/mol. The van der Waals surface area contributed by atoms with Gasteiger partial charge in [-0.1, -0.05) is 38.5 Å². The molecule has 1 amide bonds. The van der Waals surface area contributed by atoms with E-state index in [1.807, 2.05) is 45.0 Å². The third-order valence-electron chi connectivity index (χ3n) is 2.98. The molecule has 0 aliphatic heterocycles. The van der Waals surface area contributed by atoms with Crippen LogP contribution in [0.2, 0.25) is 0 Å². The van der Waals surface area contributed by atoms with Gasteiger partial charge in [0, 0.05) is 18.2 Å². The van der Waals surface area contributed by atoms with E-state index in [0.29, 0.717) is 0 Å². The van der Waals surface area contributed by atoms with E-state index in [9.17, 15) is 9.59 Å². The molecule has 1 rings (SSSR count). The molecule has 0 aliphatic carbocycles. The number of benzene rings is 1. The normalized spacial score (nSPS) is 12.3. The molecular formula is C15H21NO3. The first-order valence-electron chi connectivity index (χ1n) is 6.43. The van der Waals surface area contributed by atoms with Gasteiger partial charge < -0.3 is 10.0 Å². The molecule has 0 fully saturated rings. The van der Waals surface area contributed by atoms with Crippen LogP contribution in [0.1, 0.15) is 26.3 Å². The van der Waals surface area contributed by atoms with Gasteiger partial charge in [-0.25, -0.2) is 0 Å². The van der Waals surface area contributed by atoms with Gasteiger partial charge in [-0.3, -0.25) is 9.59 Å². The zero-order chi connectivity index (χ0) is 14.6. The van der Waals surface area contributed by atoms with Crippen molar-refractivity contribution >= 4 is 17.6 Å². The third-order valence-corrected chi connectivity index (χ3v) is 2.98. The summed E-state index contributed by atoms with van der Waals surface area (Å²) in [6, 6.07) is 7.54. The Labute approximate surface area is 114 Å². The van der Waals surface area contributed by atoms with Gasteiger partial charge in [0.2, 0.25) is 5.91 Å². The first-order valence-corrected chi connectivity index (χ1v) is 6.43. The van der Waals surface area contributed by atoms with Crippen molar-refractivity contribution in [1.29, 1.82) is 0 Å². The van der Waals surface area contributed by atoms with E-state index < -0.39 is 11.9 Å². The number of hydrogen-bond donors (Lipinski definition) is 1. The van der Waals surface area contributed by atoms with Crippen molar-refractivity contribution in [1.82, 2.24) is 0 Å². The summed E-state index contributed by atoms with van der Waals surface area (Å²) >= 11 is 0. The number of carbonyl (C=O) groups excluding carboxylic acids is 1. The molecular weight excluding hydrogens is 242 g/mol. The van der Waals surface area contributed by atoms with Crippen molar-refractivity contribution in [2.75, 3.05) is 11.4 Å². The van der Waals surface area contributed by atoms with Crippen LogP contribution in [0.3, 0.4) is 0 Å². The maximum absolute atomic E-state index is 12.2. The van der Waals surface area contributed by atoms with Crippen molar-refractivity contribution in [3.63, 3.8) is 0 Å². The lowest BCUT2D eigenvalue weighted by Crippen LogP contribution is -2.39. The van der Waals surface area contributed by atoms with Crippen LogP contribution in [-0.4, -0.2) is 23.5 Å². The molecule has 0 saturated heterocycles. The largest absolute Gasteiger partial charge is 0.481 e. The molecule has 0 aliphatic rings. The van der Waals surface area contributed by atoms with Crippen molar-refractivity contribution in [2.24, 2.45) is 11.8 Å². The maximum atomic E-state index is 12.2. The number of hydrogen-bond acceptors (Lipinski definition) is 2. The van der Waals surface area contributed by atoms with E-state index in [1.165, 1.54) is 0 Å². The quantitative estimate of drug-likeness (QED) is 0.888. The second-order valence-corrected chi connectivity index (χ2v) is 5.18. The highest BCUT2D eigenvalue weighted by Crippen LogP contribution is 2.19. The van der Waals surface area contributed by atoms with E-state index in [-0.39, 0.29) is 18.4 Å². The average Bonchev–Trinajstić information content (AvgIpc) is 2.35. The summed E-state index contributed by atoms with van der Waals surface area (Å²) in [5.41, 5.74) is 1.85. The van der Waals surface area contributed by atoms with Gasteiger partial charge in [0.15, 0.2) is 0 Å². The molecule has 1 atom stereocenters. The van der Waals surface area contributed by atoms with Crippen molar-refractivity contribution in [3.05, 3.63) is 29.8 Å². The summed E-state index contributed by atoms with van der Waals surface area (Å²) in [7, 11) is 0. The van der Waals surface area contributed by atoms with Gasteiger partial charge in [0.1, 0.15) is 0 Å². The van der Waals surface area contributed by atoms with Crippen LogP contribution in [0.15, 0.2) is 24.3 Å². The van der Waals surface area contributed by atoms with Crippen LogP contribution >= 0.6 is 0 Å². The fraction of sp³-hybridized carbons (Fsp3) is 0.467. The van der Waals surface area contributed by atoms with Gasteiger partial charge in [0.05, 0.1) is 5.92 Å². The van der Waals surface area contributed by atoms with Crippen LogP contribution < -0.4 is 4.90 Å². The number of carbonyl (C=O) groups is 2. The summed E-state index contributed by atoms with van der Waals surface area (Å²) in [6.07, 6.45) is 0. The summed E-state index contributed by atoms with van der Waals surface area (Å²) in [4.78, 5) is 24.8. The fourth-order valence-corrected chi connectivity index (χ4v) is 1.71. The van der Waals surface area contributed by atoms with Crippen LogP contribution in [0.25, 0.3) is 0 Å². The molecule has 19 heavy (non-hydrogen) atoms. The minimum absolute atomic E-state index is 0.0584. The van der Waals surface area contributed by atoms with Crippen molar-refractivity contribution in [3.8, 4) is 0 Å². The standard InChI is InChI=1S/C15H21NO3/c1-10(2)14(17)16(9-12(4)15(18)19)13-7-5-11(3)6-8-13/h5-8,10,12H,9H2,1-4H3,(H,18,19). The smallest absolute Gasteiger partial charge is 0.308 e. The lowest BCUT2D eigenvalue weighted by Gasteiger charge is -2.26. The Morgan fingerprint density at radius 1 is 1.16 bits per heavy atom. The Balaban J connectivity index is 3.01. The Morgan fingerprint density at radius 2 is 1.68 bits per heavy atom. The molecule has 1 aromatic rings. The van der Waals surface area contributed by atoms with Gasteiger partial charge >= 0.3 is 5.97 Å². The maximum Gasteiger partial charge on any atom is 0.308 e. The van der Waals surface area contributed by atoms with E-state index >= 15 is 0 Å². The van der Waals surface area contributed by atoms with Crippen molar-refractivity contribution in [2.45, 2.75) is 27.7 Å². The Morgan fingerprint density at radius 3 is 2.11 bits per heavy atom. The van der Waals surface area contributed by atoms with E-state index in [0.717, 1.165) is 11.3 Å². The van der Waals surface area contributed by atoms with Crippen molar-refractivity contribution < 1.29 is 14.7 Å². The fourth-order valence-electron chi connectivity index (χ4n) is 1.71. The number of carboxylic acid groups (broad SMARTS) is 1. The molecule has 0 heterocycles. The van der Waals surface area contributed by atoms with Gasteiger partial charge in [0.25, 0.3) is 0 Å². The second kappa shape index (κ2) is 6.36. The van der Waals surface area contributed by atoms with Gasteiger partial charge in [-0.2, -0.15) is 0 Å². The predicted molar refractivity (Wildman–Crippen MR) is 75.2 cm³/mol. The number of carboxylic acids is 1. The van der Waals surface area contributed by atoms with Crippen LogP contribution in [0, 0.1) is 18.8 Å². The molecule has 1 N–H and O–H groups in total. The molecule has 1 aromatic carbocycles. The minimum atomic E-state index is -0.895. The van der Waals surface area contributed by atoms with E-state index in [1.54, 1.807) is 11.8 Å². The molecule has 0 spiro atoms. The van der Waals surface area contributed by atoms with Gasteiger partial charge in [-0.05, 0) is 19.1 Å². The molecule has 4 heteroatoms. The zero-order valence-electron chi connectivity index (χ0n) is 11.9. The molecule has 104 valence electrons. The third kappa shape index (κ3) is 4.09. The highest BCUT2D eigenvalue weighted by Gasteiger charge is 2.23. The highest BCUT2D eigenvalue weighted by molar-refractivity contribution is 5.95. The molecule has 0 bridgehead atoms. The van der Waals surface area contributed by atoms with Crippen LogP contribution in [0.5, 0.6) is 0 Å². The molecule has 1 unspecified atom stereocenters. The first-order chi connectivity index (χ1) is 8.82. The number of aliphatic carboxylic acids is 1. The van der Waals surface area contributed by atoms with E-state index in [4.69, 9.17) is 5.11 Å². The van der Waals surface area contributed by atoms with E-state index in [2.05, 4.69) is 0 Å². The molecule has 0 saturated carbocycles. The Hall–Kier alpha value is -1.84.